The Morgan fingerprint density at radius 2 is 2.27 bits per heavy atom. The van der Waals surface area contributed by atoms with Crippen molar-refractivity contribution in [2.45, 2.75) is 55.5 Å². The molecular formula is C13H20IN. The third-order valence-corrected chi connectivity index (χ3v) is 4.10. The van der Waals surface area contributed by atoms with Crippen LogP contribution in [0.2, 0.25) is 0 Å². The van der Waals surface area contributed by atoms with E-state index in [1.807, 2.05) is 0 Å². The first-order valence-corrected chi connectivity index (χ1v) is 6.89. The van der Waals surface area contributed by atoms with Gasteiger partial charge in [-0.25, -0.2) is 0 Å². The Labute approximate surface area is 107 Å². The smallest absolute Gasteiger partial charge is 0.0396 e. The van der Waals surface area contributed by atoms with Crippen LogP contribution in [0.4, 0.5) is 0 Å². The number of allylic oxidation sites excluding steroid dienone is 3. The van der Waals surface area contributed by atoms with Crippen LogP contribution < -0.4 is 5.32 Å². The lowest BCUT2D eigenvalue weighted by Crippen LogP contribution is -2.44. The lowest BCUT2D eigenvalue weighted by molar-refractivity contribution is 0.383. The highest BCUT2D eigenvalue weighted by Crippen LogP contribution is 2.35. The van der Waals surface area contributed by atoms with Crippen LogP contribution >= 0.6 is 22.6 Å². The van der Waals surface area contributed by atoms with E-state index in [1.165, 1.54) is 24.8 Å². The molecule has 84 valence electrons. The highest BCUT2D eigenvalue weighted by Gasteiger charge is 2.30. The molecule has 3 atom stereocenters. The summed E-state index contributed by atoms with van der Waals surface area (Å²) in [5, 5.41) is 3.73. The third kappa shape index (κ3) is 2.84. The first-order chi connectivity index (χ1) is 6.96. The zero-order valence-corrected chi connectivity index (χ0v) is 12.0. The minimum Gasteiger partial charge on any atom is -0.308 e. The van der Waals surface area contributed by atoms with Crippen molar-refractivity contribution in [3.8, 4) is 0 Å². The van der Waals surface area contributed by atoms with E-state index in [9.17, 15) is 0 Å². The fraction of sp³-hybridized carbons (Fsp3) is 0.692. The van der Waals surface area contributed by atoms with Crippen LogP contribution in [-0.4, -0.2) is 15.5 Å². The number of alkyl halides is 1. The molecule has 1 heterocycles. The molecule has 2 unspecified atom stereocenters. The molecule has 0 bridgehead atoms. The van der Waals surface area contributed by atoms with Crippen LogP contribution in [-0.2, 0) is 0 Å². The number of halogens is 1. The summed E-state index contributed by atoms with van der Waals surface area (Å²) in [4.78, 5) is 0. The average Bonchev–Trinajstić information content (AvgIpc) is 2.17. The van der Waals surface area contributed by atoms with Crippen LogP contribution in [0.1, 0.15) is 40.0 Å². The number of nitrogens with one attached hydrogen (secondary N) is 1. The minimum absolute atomic E-state index is 0.300. The van der Waals surface area contributed by atoms with Gasteiger partial charge in [-0.1, -0.05) is 45.9 Å². The zero-order valence-electron chi connectivity index (χ0n) is 9.81. The van der Waals surface area contributed by atoms with Gasteiger partial charge in [0.2, 0.25) is 0 Å². The molecule has 1 nitrogen and oxygen atoms in total. The Balaban J connectivity index is 2.24. The second kappa shape index (κ2) is 4.21. The molecular weight excluding hydrogens is 297 g/mol. The second-order valence-electron chi connectivity index (χ2n) is 5.25. The number of fused-ring (bicyclic) bond motifs is 1. The molecule has 0 saturated carbocycles. The predicted molar refractivity (Wildman–Crippen MR) is 74.5 cm³/mol. The number of piperidine rings is 1. The Hall–Kier alpha value is 0.170. The fourth-order valence-electron chi connectivity index (χ4n) is 2.72. The van der Waals surface area contributed by atoms with Gasteiger partial charge in [0.05, 0.1) is 0 Å². The van der Waals surface area contributed by atoms with Crippen molar-refractivity contribution in [1.29, 1.82) is 0 Å². The summed E-state index contributed by atoms with van der Waals surface area (Å²) in [6.07, 6.45) is 8.59. The Morgan fingerprint density at radius 3 is 3.00 bits per heavy atom. The molecule has 0 aromatic rings. The number of hydrogen-bond acceptors (Lipinski definition) is 1. The van der Waals surface area contributed by atoms with Crippen LogP contribution in [0.15, 0.2) is 23.3 Å². The van der Waals surface area contributed by atoms with E-state index in [4.69, 9.17) is 0 Å². The van der Waals surface area contributed by atoms with Gasteiger partial charge in [-0.05, 0) is 40.0 Å². The van der Waals surface area contributed by atoms with E-state index < -0.39 is 0 Å². The van der Waals surface area contributed by atoms with Gasteiger partial charge >= 0.3 is 0 Å². The summed E-state index contributed by atoms with van der Waals surface area (Å²) in [6, 6.07) is 1.28. The van der Waals surface area contributed by atoms with E-state index in [0.29, 0.717) is 15.5 Å². The van der Waals surface area contributed by atoms with Gasteiger partial charge in [-0.2, -0.15) is 0 Å². The third-order valence-electron chi connectivity index (χ3n) is 3.34. The number of rotatable bonds is 0. The van der Waals surface area contributed by atoms with E-state index >= 15 is 0 Å². The maximum absolute atomic E-state index is 3.73. The van der Waals surface area contributed by atoms with Crippen LogP contribution in [0.5, 0.6) is 0 Å². The Bertz CT molecular complexity index is 314. The predicted octanol–water partition coefficient (Wildman–Crippen LogP) is 3.60. The molecule has 0 spiro atoms. The molecule has 1 aliphatic carbocycles. The molecule has 0 radical (unpaired) electrons. The Morgan fingerprint density at radius 1 is 1.53 bits per heavy atom. The molecule has 0 aromatic heterocycles. The first kappa shape index (κ1) is 11.6. The molecule has 1 N–H and O–H groups in total. The lowest BCUT2D eigenvalue weighted by Gasteiger charge is -2.34. The molecule has 1 aliphatic heterocycles. The van der Waals surface area contributed by atoms with Crippen molar-refractivity contribution in [3.63, 3.8) is 0 Å². The standard InChI is InChI=1S/C13H20IN/c1-9-6-11-5-4-10(2)15-12(11)8-13(3,14)7-9/h6-7,10,12,15H,4-5,8H2,1-3H3/t10?,12?,13-/m0/s1. The summed E-state index contributed by atoms with van der Waals surface area (Å²) in [5.74, 6) is 0. The van der Waals surface area contributed by atoms with Crippen molar-refractivity contribution in [3.05, 3.63) is 23.3 Å². The monoisotopic (exact) mass is 317 g/mol. The maximum atomic E-state index is 3.73. The molecule has 0 aromatic carbocycles. The maximum Gasteiger partial charge on any atom is 0.0396 e. The van der Waals surface area contributed by atoms with E-state index in [2.05, 4.69) is 60.8 Å². The van der Waals surface area contributed by atoms with E-state index in [-0.39, 0.29) is 0 Å². The van der Waals surface area contributed by atoms with Gasteiger partial charge in [-0.3, -0.25) is 0 Å². The highest BCUT2D eigenvalue weighted by molar-refractivity contribution is 14.1. The molecule has 1 saturated heterocycles. The molecule has 1 fully saturated rings. The topological polar surface area (TPSA) is 12.0 Å². The molecule has 2 aliphatic rings. The zero-order chi connectivity index (χ0) is 11.1. The first-order valence-electron chi connectivity index (χ1n) is 5.81. The van der Waals surface area contributed by atoms with Crippen LogP contribution in [0.3, 0.4) is 0 Å². The average molecular weight is 317 g/mol. The molecule has 0 amide bonds. The lowest BCUT2D eigenvalue weighted by atomic mass is 9.89. The molecule has 2 rings (SSSR count). The molecule has 15 heavy (non-hydrogen) atoms. The number of hydrogen-bond donors (Lipinski definition) is 1. The van der Waals surface area contributed by atoms with Crippen LogP contribution in [0.25, 0.3) is 0 Å². The minimum atomic E-state index is 0.300. The normalized spacial score (nSPS) is 41.3. The van der Waals surface area contributed by atoms with Gasteiger partial charge in [0.1, 0.15) is 0 Å². The summed E-state index contributed by atoms with van der Waals surface area (Å²) in [5.41, 5.74) is 3.04. The van der Waals surface area contributed by atoms with Gasteiger partial charge in [0, 0.05) is 15.5 Å². The largest absolute Gasteiger partial charge is 0.308 e. The second-order valence-corrected chi connectivity index (χ2v) is 7.71. The van der Waals surface area contributed by atoms with Crippen molar-refractivity contribution >= 4 is 22.6 Å². The van der Waals surface area contributed by atoms with E-state index in [1.54, 1.807) is 5.57 Å². The van der Waals surface area contributed by atoms with Crippen molar-refractivity contribution in [2.24, 2.45) is 0 Å². The fourth-order valence-corrected chi connectivity index (χ4v) is 3.65. The van der Waals surface area contributed by atoms with Gasteiger partial charge in [0.25, 0.3) is 0 Å². The summed E-state index contributed by atoms with van der Waals surface area (Å²) < 4.78 is 0.300. The van der Waals surface area contributed by atoms with Gasteiger partial charge < -0.3 is 5.32 Å². The van der Waals surface area contributed by atoms with Crippen molar-refractivity contribution in [2.75, 3.05) is 0 Å². The summed E-state index contributed by atoms with van der Waals surface area (Å²) >= 11 is 2.58. The van der Waals surface area contributed by atoms with Crippen molar-refractivity contribution < 1.29 is 0 Å². The van der Waals surface area contributed by atoms with Crippen molar-refractivity contribution in [1.82, 2.24) is 5.32 Å². The summed E-state index contributed by atoms with van der Waals surface area (Å²) in [6.45, 7) is 6.85. The molecule has 2 heteroatoms. The van der Waals surface area contributed by atoms with Gasteiger partial charge in [0.15, 0.2) is 0 Å². The SMILES string of the molecule is CC1=C[C@](C)(I)CC2NC(C)CCC2=C1. The quantitative estimate of drug-likeness (QED) is 0.532. The van der Waals surface area contributed by atoms with Gasteiger partial charge in [-0.15, -0.1) is 0 Å². The van der Waals surface area contributed by atoms with E-state index in [0.717, 1.165) is 0 Å². The highest BCUT2D eigenvalue weighted by atomic mass is 127. The van der Waals surface area contributed by atoms with Crippen LogP contribution in [0, 0.1) is 0 Å². The Kier molecular flexibility index (Phi) is 3.27. The summed E-state index contributed by atoms with van der Waals surface area (Å²) in [7, 11) is 0.